The summed E-state index contributed by atoms with van der Waals surface area (Å²) in [6.07, 6.45) is 4.98. The second kappa shape index (κ2) is 6.46. The molecule has 1 fully saturated rings. The van der Waals surface area contributed by atoms with Crippen LogP contribution in [-0.2, 0) is 19.3 Å². The van der Waals surface area contributed by atoms with E-state index < -0.39 is 6.10 Å². The zero-order valence-electron chi connectivity index (χ0n) is 15.1. The number of aryl methyl sites for hydroxylation is 1. The fourth-order valence-electron chi connectivity index (χ4n) is 4.48. The number of carbonyl (C=O) groups excluding carboxylic acids is 1. The molecule has 6 nitrogen and oxygen atoms in total. The molecule has 3 aromatic rings. The molecule has 0 unspecified atom stereocenters. The molecule has 6 heteroatoms. The summed E-state index contributed by atoms with van der Waals surface area (Å²) in [6, 6.07) is 10.1. The Balaban J connectivity index is 1.36. The molecule has 1 aliphatic heterocycles. The number of rotatable bonds is 3. The number of benzene rings is 1. The van der Waals surface area contributed by atoms with Gasteiger partial charge in [-0.05, 0) is 43.4 Å². The van der Waals surface area contributed by atoms with Gasteiger partial charge in [0, 0.05) is 41.8 Å². The summed E-state index contributed by atoms with van der Waals surface area (Å²) in [4.78, 5) is 19.1. The van der Waals surface area contributed by atoms with E-state index in [1.165, 1.54) is 5.56 Å². The van der Waals surface area contributed by atoms with Crippen LogP contribution in [0.15, 0.2) is 36.5 Å². The first kappa shape index (κ1) is 16.4. The molecule has 2 atom stereocenters. The van der Waals surface area contributed by atoms with Gasteiger partial charge < -0.3 is 10.0 Å². The summed E-state index contributed by atoms with van der Waals surface area (Å²) in [5, 5.41) is 19.0. The number of likely N-dealkylation sites (tertiary alicyclic amines) is 1. The number of aromatic amines is 1. The van der Waals surface area contributed by atoms with E-state index in [1.54, 1.807) is 4.90 Å². The van der Waals surface area contributed by atoms with Gasteiger partial charge in [0.1, 0.15) is 0 Å². The Bertz CT molecular complexity index is 1010. The number of β-amino-alcohol motifs (C(OH)–C–C–N with tert-alkyl or cyclic N) is 1. The van der Waals surface area contributed by atoms with Crippen LogP contribution in [0.25, 0.3) is 10.9 Å². The van der Waals surface area contributed by atoms with Crippen molar-refractivity contribution in [3.05, 3.63) is 59.0 Å². The highest BCUT2D eigenvalue weighted by molar-refractivity contribution is 5.94. The Hall–Kier alpha value is -2.73. The molecule has 1 aliphatic carbocycles. The van der Waals surface area contributed by atoms with Crippen molar-refractivity contribution < 1.29 is 9.90 Å². The zero-order chi connectivity index (χ0) is 18.4. The molecule has 27 heavy (non-hydrogen) atoms. The number of H-pyrrole nitrogens is 1. The van der Waals surface area contributed by atoms with Crippen LogP contribution in [0.1, 0.15) is 33.7 Å². The highest BCUT2D eigenvalue weighted by Gasteiger charge is 2.36. The van der Waals surface area contributed by atoms with Crippen LogP contribution >= 0.6 is 0 Å². The van der Waals surface area contributed by atoms with Crippen LogP contribution in [0, 0.1) is 5.92 Å². The minimum Gasteiger partial charge on any atom is -0.391 e. The highest BCUT2D eigenvalue weighted by Crippen LogP contribution is 2.28. The monoisotopic (exact) mass is 362 g/mol. The van der Waals surface area contributed by atoms with Crippen molar-refractivity contribution in [1.82, 2.24) is 20.1 Å². The van der Waals surface area contributed by atoms with Gasteiger partial charge in [0.2, 0.25) is 0 Å². The summed E-state index contributed by atoms with van der Waals surface area (Å²) in [5.74, 6) is -0.0396. The van der Waals surface area contributed by atoms with Gasteiger partial charge in [0.05, 0.1) is 11.6 Å². The second-order valence-electron chi connectivity index (χ2n) is 7.61. The number of fused-ring (bicyclic) bond motifs is 2. The maximum absolute atomic E-state index is 12.9. The molecule has 2 aromatic heterocycles. The Morgan fingerprint density at radius 1 is 1.22 bits per heavy atom. The Labute approximate surface area is 157 Å². The minimum atomic E-state index is -0.520. The van der Waals surface area contributed by atoms with Gasteiger partial charge >= 0.3 is 0 Å². The molecule has 1 amide bonds. The SMILES string of the molecule is O=C(c1n[nH]c2c1CCC2)N1C[C@@H](Cc2ccnc3ccccc23)[C@H](O)C1. The van der Waals surface area contributed by atoms with E-state index in [2.05, 4.69) is 21.2 Å². The second-order valence-corrected chi connectivity index (χ2v) is 7.61. The quantitative estimate of drug-likeness (QED) is 0.748. The molecular weight excluding hydrogens is 340 g/mol. The van der Waals surface area contributed by atoms with E-state index in [1.807, 2.05) is 30.5 Å². The van der Waals surface area contributed by atoms with Crippen molar-refractivity contribution in [2.24, 2.45) is 5.92 Å². The van der Waals surface area contributed by atoms with Gasteiger partial charge in [-0.25, -0.2) is 0 Å². The number of amides is 1. The standard InChI is InChI=1S/C21H22N4O2/c26-19-12-25(21(27)20-16-5-3-7-18(16)23-24-20)11-14(19)10-13-8-9-22-17-6-2-1-4-15(13)17/h1-2,4,6,8-9,14,19,26H,3,5,7,10-12H2,(H,23,24)/t14-,19-/m1/s1. The number of carbonyl (C=O) groups is 1. The van der Waals surface area contributed by atoms with Crippen molar-refractivity contribution in [1.29, 1.82) is 0 Å². The number of nitrogens with one attached hydrogen (secondary N) is 1. The lowest BCUT2D eigenvalue weighted by Crippen LogP contribution is -2.30. The van der Waals surface area contributed by atoms with Gasteiger partial charge in [-0.1, -0.05) is 18.2 Å². The maximum Gasteiger partial charge on any atom is 0.274 e. The number of aliphatic hydroxyl groups excluding tert-OH is 1. The normalized spacial score (nSPS) is 21.7. The number of para-hydroxylation sites is 1. The third-order valence-electron chi connectivity index (χ3n) is 5.92. The molecule has 1 aromatic carbocycles. The lowest BCUT2D eigenvalue weighted by molar-refractivity contribution is 0.0758. The average molecular weight is 362 g/mol. The van der Waals surface area contributed by atoms with Gasteiger partial charge in [0.15, 0.2) is 5.69 Å². The van der Waals surface area contributed by atoms with Crippen LogP contribution in [-0.4, -0.2) is 50.3 Å². The topological polar surface area (TPSA) is 82.1 Å². The van der Waals surface area contributed by atoms with Crippen molar-refractivity contribution in [3.63, 3.8) is 0 Å². The summed E-state index contributed by atoms with van der Waals surface area (Å²) in [5.41, 5.74) is 4.84. The van der Waals surface area contributed by atoms with E-state index in [-0.39, 0.29) is 11.8 Å². The maximum atomic E-state index is 12.9. The van der Waals surface area contributed by atoms with E-state index in [9.17, 15) is 9.90 Å². The van der Waals surface area contributed by atoms with E-state index in [0.717, 1.165) is 47.8 Å². The molecule has 0 radical (unpaired) electrons. The van der Waals surface area contributed by atoms with Crippen molar-refractivity contribution >= 4 is 16.8 Å². The predicted octanol–water partition coefficient (Wildman–Crippen LogP) is 2.12. The molecule has 5 rings (SSSR count). The minimum absolute atomic E-state index is 0.0201. The molecule has 0 saturated carbocycles. The number of aliphatic hydroxyl groups is 1. The number of hydrogen-bond donors (Lipinski definition) is 2. The molecule has 0 spiro atoms. The van der Waals surface area contributed by atoms with Gasteiger partial charge in [0.25, 0.3) is 5.91 Å². The summed E-state index contributed by atoms with van der Waals surface area (Å²) < 4.78 is 0. The third kappa shape index (κ3) is 2.80. The van der Waals surface area contributed by atoms with E-state index >= 15 is 0 Å². The lowest BCUT2D eigenvalue weighted by atomic mass is 9.94. The van der Waals surface area contributed by atoms with Crippen molar-refractivity contribution in [3.8, 4) is 0 Å². The van der Waals surface area contributed by atoms with Crippen LogP contribution in [0.3, 0.4) is 0 Å². The predicted molar refractivity (Wildman–Crippen MR) is 101 cm³/mol. The smallest absolute Gasteiger partial charge is 0.274 e. The van der Waals surface area contributed by atoms with Crippen molar-refractivity contribution in [2.45, 2.75) is 31.8 Å². The summed E-state index contributed by atoms with van der Waals surface area (Å²) in [7, 11) is 0. The summed E-state index contributed by atoms with van der Waals surface area (Å²) in [6.45, 7) is 0.923. The third-order valence-corrected chi connectivity index (χ3v) is 5.92. The molecule has 2 aliphatic rings. The van der Waals surface area contributed by atoms with Gasteiger partial charge in [-0.15, -0.1) is 0 Å². The Morgan fingerprint density at radius 3 is 3.04 bits per heavy atom. The largest absolute Gasteiger partial charge is 0.391 e. The van der Waals surface area contributed by atoms with Crippen molar-refractivity contribution in [2.75, 3.05) is 13.1 Å². The molecule has 138 valence electrons. The molecule has 2 N–H and O–H groups in total. The van der Waals surface area contributed by atoms with Gasteiger partial charge in [-0.2, -0.15) is 5.10 Å². The molecular formula is C21H22N4O2. The fourth-order valence-corrected chi connectivity index (χ4v) is 4.48. The number of nitrogens with zero attached hydrogens (tertiary/aromatic N) is 3. The summed E-state index contributed by atoms with van der Waals surface area (Å²) >= 11 is 0. The first-order valence-corrected chi connectivity index (χ1v) is 9.57. The number of hydrogen-bond acceptors (Lipinski definition) is 4. The first-order valence-electron chi connectivity index (χ1n) is 9.57. The molecule has 3 heterocycles. The molecule has 1 saturated heterocycles. The van der Waals surface area contributed by atoms with E-state index in [4.69, 9.17) is 0 Å². The van der Waals surface area contributed by atoms with Crippen LogP contribution in [0.4, 0.5) is 0 Å². The van der Waals surface area contributed by atoms with Gasteiger partial charge in [-0.3, -0.25) is 14.9 Å². The number of aromatic nitrogens is 3. The molecule has 0 bridgehead atoms. The number of pyridine rings is 1. The lowest BCUT2D eigenvalue weighted by Gasteiger charge is -2.16. The van der Waals surface area contributed by atoms with Crippen LogP contribution in [0.5, 0.6) is 0 Å². The van der Waals surface area contributed by atoms with Crippen LogP contribution < -0.4 is 0 Å². The fraction of sp³-hybridized carbons (Fsp3) is 0.381. The first-order chi connectivity index (χ1) is 13.2. The Kier molecular flexibility index (Phi) is 3.93. The van der Waals surface area contributed by atoms with E-state index in [0.29, 0.717) is 18.8 Å². The highest BCUT2D eigenvalue weighted by atomic mass is 16.3. The van der Waals surface area contributed by atoms with Crippen LogP contribution in [0.2, 0.25) is 0 Å². The average Bonchev–Trinajstić information content (AvgIpc) is 3.38. The Morgan fingerprint density at radius 2 is 2.11 bits per heavy atom. The zero-order valence-corrected chi connectivity index (χ0v) is 15.1.